The molecule has 1 atom stereocenters. The number of para-hydroxylation sites is 1. The molecule has 3 aromatic rings. The van der Waals surface area contributed by atoms with E-state index in [4.69, 9.17) is 4.74 Å². The Bertz CT molecular complexity index is 976. The maximum absolute atomic E-state index is 11.8. The topological polar surface area (TPSA) is 91.4 Å². The molecule has 0 saturated heterocycles. The monoisotopic (exact) mass is 380 g/mol. The van der Waals surface area contributed by atoms with Gasteiger partial charge < -0.3 is 20.1 Å². The zero-order chi connectivity index (χ0) is 20.1. The molecular weight excluding hydrogens is 356 g/mol. The van der Waals surface area contributed by atoms with E-state index in [1.807, 2.05) is 48.5 Å². The fourth-order valence-corrected chi connectivity index (χ4v) is 3.29. The van der Waals surface area contributed by atoms with Crippen LogP contribution in [0.5, 0.6) is 5.75 Å². The van der Waals surface area contributed by atoms with Crippen molar-refractivity contribution in [2.75, 3.05) is 7.11 Å². The van der Waals surface area contributed by atoms with Crippen molar-refractivity contribution in [2.24, 2.45) is 0 Å². The number of ether oxygens (including phenoxy) is 1. The van der Waals surface area contributed by atoms with Crippen LogP contribution in [0.1, 0.15) is 30.2 Å². The van der Waals surface area contributed by atoms with Gasteiger partial charge in [0.15, 0.2) is 0 Å². The van der Waals surface area contributed by atoms with Crippen molar-refractivity contribution < 1.29 is 19.4 Å². The fraction of sp³-hybridized carbons (Fsp3) is 0.273. The number of carbonyl (C=O) groups excluding carboxylic acids is 1. The van der Waals surface area contributed by atoms with Gasteiger partial charge in [0.25, 0.3) is 0 Å². The molecule has 1 amide bonds. The third kappa shape index (κ3) is 4.34. The highest BCUT2D eigenvalue weighted by atomic mass is 16.5. The van der Waals surface area contributed by atoms with Crippen molar-refractivity contribution in [1.29, 1.82) is 0 Å². The number of aromatic amines is 1. The van der Waals surface area contributed by atoms with Gasteiger partial charge in [-0.25, -0.2) is 4.79 Å². The highest BCUT2D eigenvalue weighted by Gasteiger charge is 2.23. The van der Waals surface area contributed by atoms with E-state index in [0.29, 0.717) is 6.42 Å². The van der Waals surface area contributed by atoms with Gasteiger partial charge in [-0.2, -0.15) is 0 Å². The average molecular weight is 380 g/mol. The minimum atomic E-state index is -1.04. The third-order valence-corrected chi connectivity index (χ3v) is 4.80. The standard InChI is InChI=1S/C22H24N2O4/c1-3-21(25)24-20(22(26)27)13-17-16-6-4-5-7-18(16)23-19(17)12-14-8-10-15(28-2)11-9-14/h4-11,20,23H,3,12-13H2,1-2H3,(H,24,25)(H,26,27)/t20-/m0/s1. The van der Waals surface area contributed by atoms with Crippen molar-refractivity contribution in [3.8, 4) is 5.75 Å². The Morgan fingerprint density at radius 3 is 2.50 bits per heavy atom. The lowest BCUT2D eigenvalue weighted by Crippen LogP contribution is -2.42. The molecule has 0 aliphatic rings. The molecule has 6 heteroatoms. The minimum Gasteiger partial charge on any atom is -0.497 e. The van der Waals surface area contributed by atoms with Crippen LogP contribution in [0.2, 0.25) is 0 Å². The molecule has 3 N–H and O–H groups in total. The van der Waals surface area contributed by atoms with Gasteiger partial charge in [-0.1, -0.05) is 37.3 Å². The summed E-state index contributed by atoms with van der Waals surface area (Å²) in [6, 6.07) is 14.6. The Balaban J connectivity index is 1.95. The predicted molar refractivity (Wildman–Crippen MR) is 108 cm³/mol. The number of aliphatic carboxylic acids is 1. The molecule has 2 aromatic carbocycles. The SMILES string of the molecule is CCC(=O)N[C@@H](Cc1c(Cc2ccc(OC)cc2)[nH]c2ccccc12)C(=O)O. The molecule has 0 bridgehead atoms. The van der Waals surface area contributed by atoms with Crippen LogP contribution in [0.25, 0.3) is 10.9 Å². The van der Waals surface area contributed by atoms with Crippen LogP contribution in [-0.2, 0) is 22.4 Å². The summed E-state index contributed by atoms with van der Waals surface area (Å²) in [6.45, 7) is 1.70. The number of amides is 1. The van der Waals surface area contributed by atoms with Crippen molar-refractivity contribution in [1.82, 2.24) is 10.3 Å². The molecule has 0 fully saturated rings. The molecule has 3 rings (SSSR count). The second-order valence-corrected chi connectivity index (χ2v) is 6.67. The van der Waals surface area contributed by atoms with Gasteiger partial charge in [-0.05, 0) is 29.3 Å². The molecule has 6 nitrogen and oxygen atoms in total. The van der Waals surface area contributed by atoms with E-state index in [2.05, 4.69) is 10.3 Å². The Hall–Kier alpha value is -3.28. The number of hydrogen-bond donors (Lipinski definition) is 3. The summed E-state index contributed by atoms with van der Waals surface area (Å²) in [7, 11) is 1.63. The summed E-state index contributed by atoms with van der Waals surface area (Å²) in [5.74, 6) is -0.528. The number of carboxylic acid groups (broad SMARTS) is 1. The van der Waals surface area contributed by atoms with Gasteiger partial charge in [0, 0.05) is 35.9 Å². The maximum atomic E-state index is 11.8. The molecule has 146 valence electrons. The number of carboxylic acids is 1. The lowest BCUT2D eigenvalue weighted by atomic mass is 9.98. The predicted octanol–water partition coefficient (Wildman–Crippen LogP) is 3.29. The quantitative estimate of drug-likeness (QED) is 0.559. The number of fused-ring (bicyclic) bond motifs is 1. The summed E-state index contributed by atoms with van der Waals surface area (Å²) < 4.78 is 5.20. The Labute approximate surface area is 163 Å². The highest BCUT2D eigenvalue weighted by molar-refractivity contribution is 5.87. The first-order valence-electron chi connectivity index (χ1n) is 9.25. The Kier molecular flexibility index (Phi) is 5.99. The Morgan fingerprint density at radius 2 is 1.86 bits per heavy atom. The second-order valence-electron chi connectivity index (χ2n) is 6.67. The smallest absolute Gasteiger partial charge is 0.326 e. The lowest BCUT2D eigenvalue weighted by Gasteiger charge is -2.15. The molecule has 28 heavy (non-hydrogen) atoms. The van der Waals surface area contributed by atoms with Crippen LogP contribution in [0.4, 0.5) is 0 Å². The number of hydrogen-bond acceptors (Lipinski definition) is 3. The first kappa shape index (κ1) is 19.5. The first-order chi connectivity index (χ1) is 13.5. The van der Waals surface area contributed by atoms with Crippen LogP contribution >= 0.6 is 0 Å². The second kappa shape index (κ2) is 8.61. The lowest BCUT2D eigenvalue weighted by molar-refractivity contribution is -0.141. The molecule has 0 saturated carbocycles. The maximum Gasteiger partial charge on any atom is 0.326 e. The molecule has 1 aromatic heterocycles. The van der Waals surface area contributed by atoms with Crippen LogP contribution in [0.3, 0.4) is 0 Å². The van der Waals surface area contributed by atoms with Crippen LogP contribution in [0, 0.1) is 0 Å². The zero-order valence-electron chi connectivity index (χ0n) is 16.0. The summed E-state index contributed by atoms with van der Waals surface area (Å²) in [4.78, 5) is 26.9. The highest BCUT2D eigenvalue weighted by Crippen LogP contribution is 2.26. The summed E-state index contributed by atoms with van der Waals surface area (Å²) in [6.07, 6.45) is 1.09. The van der Waals surface area contributed by atoms with Crippen molar-refractivity contribution in [2.45, 2.75) is 32.2 Å². The van der Waals surface area contributed by atoms with Crippen molar-refractivity contribution in [3.05, 3.63) is 65.4 Å². The molecule has 0 aliphatic heterocycles. The summed E-state index contributed by atoms with van der Waals surface area (Å²) >= 11 is 0. The fourth-order valence-electron chi connectivity index (χ4n) is 3.29. The number of nitrogens with one attached hydrogen (secondary N) is 2. The zero-order valence-corrected chi connectivity index (χ0v) is 16.0. The van der Waals surface area contributed by atoms with Crippen molar-refractivity contribution in [3.63, 3.8) is 0 Å². The van der Waals surface area contributed by atoms with Gasteiger partial charge in [-0.15, -0.1) is 0 Å². The van der Waals surface area contributed by atoms with E-state index in [1.54, 1.807) is 14.0 Å². The largest absolute Gasteiger partial charge is 0.497 e. The van der Waals surface area contributed by atoms with Gasteiger partial charge in [0.1, 0.15) is 11.8 Å². The first-order valence-corrected chi connectivity index (χ1v) is 9.25. The Morgan fingerprint density at radius 1 is 1.14 bits per heavy atom. The van der Waals surface area contributed by atoms with Crippen LogP contribution < -0.4 is 10.1 Å². The molecule has 0 aliphatic carbocycles. The van der Waals surface area contributed by atoms with E-state index in [-0.39, 0.29) is 18.7 Å². The number of aromatic nitrogens is 1. The third-order valence-electron chi connectivity index (χ3n) is 4.80. The normalized spacial score (nSPS) is 11.9. The van der Waals surface area contributed by atoms with Crippen molar-refractivity contribution >= 4 is 22.8 Å². The number of benzene rings is 2. The number of methoxy groups -OCH3 is 1. The molecular formula is C22H24N2O4. The molecule has 0 spiro atoms. The molecule has 0 unspecified atom stereocenters. The number of carbonyl (C=O) groups is 2. The van der Waals surface area contributed by atoms with E-state index in [1.165, 1.54) is 0 Å². The van der Waals surface area contributed by atoms with Crippen LogP contribution in [-0.4, -0.2) is 35.1 Å². The summed E-state index contributed by atoms with van der Waals surface area (Å²) in [5.41, 5.74) is 3.89. The van der Waals surface area contributed by atoms with E-state index >= 15 is 0 Å². The summed E-state index contributed by atoms with van der Waals surface area (Å²) in [5, 5.41) is 13.2. The van der Waals surface area contributed by atoms with E-state index < -0.39 is 12.0 Å². The van der Waals surface area contributed by atoms with Gasteiger partial charge in [-0.3, -0.25) is 4.79 Å². The van der Waals surface area contributed by atoms with E-state index in [0.717, 1.165) is 33.5 Å². The average Bonchev–Trinajstić information content (AvgIpc) is 3.04. The van der Waals surface area contributed by atoms with Gasteiger partial charge in [0.05, 0.1) is 7.11 Å². The van der Waals surface area contributed by atoms with Gasteiger partial charge >= 0.3 is 5.97 Å². The molecule has 0 radical (unpaired) electrons. The minimum absolute atomic E-state index is 0.219. The number of rotatable bonds is 8. The number of H-pyrrole nitrogens is 1. The molecule has 1 heterocycles. The van der Waals surface area contributed by atoms with E-state index in [9.17, 15) is 14.7 Å². The van der Waals surface area contributed by atoms with Crippen LogP contribution in [0.15, 0.2) is 48.5 Å². The van der Waals surface area contributed by atoms with Gasteiger partial charge in [0.2, 0.25) is 5.91 Å².